The van der Waals surface area contributed by atoms with Crippen molar-refractivity contribution in [3.63, 3.8) is 0 Å². The molecule has 0 saturated heterocycles. The van der Waals surface area contributed by atoms with E-state index < -0.39 is 41.4 Å². The Hall–Kier alpha value is -3.09. The first-order chi connectivity index (χ1) is 13.6. The molecular formula is C22H19F4NO2. The molecule has 3 aromatic rings. The number of benzene rings is 2. The van der Waals surface area contributed by atoms with Crippen LogP contribution in [0.15, 0.2) is 30.3 Å². The lowest BCUT2D eigenvalue weighted by molar-refractivity contribution is 0.0913. The molecule has 0 bridgehead atoms. The van der Waals surface area contributed by atoms with E-state index in [1.54, 1.807) is 13.0 Å². The molecule has 0 spiro atoms. The number of Topliss-reactive ketones (excluding diaryl/α,β-unsaturated/α-hetero) is 1. The number of hydrogen-bond acceptors (Lipinski definition) is 2. The minimum Gasteiger partial charge on any atom is -0.479 e. The minimum atomic E-state index is -1.68. The van der Waals surface area contributed by atoms with Gasteiger partial charge < -0.3 is 9.30 Å². The molecule has 3 rings (SSSR count). The highest BCUT2D eigenvalue weighted by molar-refractivity contribution is 5.98. The topological polar surface area (TPSA) is 31.2 Å². The highest BCUT2D eigenvalue weighted by Crippen LogP contribution is 2.27. The highest BCUT2D eigenvalue weighted by Gasteiger charge is 2.23. The average Bonchev–Trinajstić information content (AvgIpc) is 2.93. The summed E-state index contributed by atoms with van der Waals surface area (Å²) < 4.78 is 60.7. The lowest BCUT2D eigenvalue weighted by Gasteiger charge is -2.12. The molecule has 0 aliphatic carbocycles. The number of carbonyl (C=O) groups is 1. The van der Waals surface area contributed by atoms with E-state index in [0.717, 1.165) is 22.5 Å². The van der Waals surface area contributed by atoms with Gasteiger partial charge in [-0.15, -0.1) is 0 Å². The second-order valence-electron chi connectivity index (χ2n) is 6.98. The number of aryl methyl sites for hydroxylation is 3. The van der Waals surface area contributed by atoms with Crippen LogP contribution in [0.3, 0.4) is 0 Å². The Morgan fingerprint density at radius 2 is 1.41 bits per heavy atom. The normalized spacial score (nSPS) is 11.0. The summed E-state index contributed by atoms with van der Waals surface area (Å²) in [5, 5.41) is 0. The standard InChI is InChI=1S/C22H19F4NO2/c1-11-5-12(2)7-15(6-11)27-13(3)8-16(14(27)4)19(28)10-29-22-20(25)17(23)9-18(24)21(22)26/h5-9H,10H2,1-4H3. The van der Waals surface area contributed by atoms with E-state index in [0.29, 0.717) is 11.3 Å². The molecular weight excluding hydrogens is 386 g/mol. The number of hydrogen-bond donors (Lipinski definition) is 0. The van der Waals surface area contributed by atoms with Crippen molar-refractivity contribution in [2.24, 2.45) is 0 Å². The predicted octanol–water partition coefficient (Wildman–Crippen LogP) is 5.53. The monoisotopic (exact) mass is 405 g/mol. The third-order valence-corrected chi connectivity index (χ3v) is 4.62. The Kier molecular flexibility index (Phi) is 5.50. The van der Waals surface area contributed by atoms with Crippen molar-refractivity contribution in [2.75, 3.05) is 6.61 Å². The van der Waals surface area contributed by atoms with Gasteiger partial charge in [-0.25, -0.2) is 8.78 Å². The van der Waals surface area contributed by atoms with Crippen LogP contribution in [-0.4, -0.2) is 17.0 Å². The highest BCUT2D eigenvalue weighted by atomic mass is 19.2. The molecule has 0 amide bonds. The summed E-state index contributed by atoms with van der Waals surface area (Å²) in [5.74, 6) is -8.38. The SMILES string of the molecule is Cc1cc(C)cc(-n2c(C)cc(C(=O)COc3c(F)c(F)cc(F)c3F)c2C)c1. The lowest BCUT2D eigenvalue weighted by Crippen LogP contribution is -2.15. The van der Waals surface area contributed by atoms with Crippen LogP contribution in [0, 0.1) is 51.0 Å². The molecule has 1 heterocycles. The van der Waals surface area contributed by atoms with Crippen molar-refractivity contribution >= 4 is 5.78 Å². The van der Waals surface area contributed by atoms with E-state index in [1.807, 2.05) is 43.5 Å². The summed E-state index contributed by atoms with van der Waals surface area (Å²) in [6.07, 6.45) is 0. The molecule has 7 heteroatoms. The van der Waals surface area contributed by atoms with Crippen LogP contribution in [0.4, 0.5) is 17.6 Å². The number of rotatable bonds is 5. The molecule has 0 fully saturated rings. The molecule has 0 aliphatic heterocycles. The molecule has 0 atom stereocenters. The number of carbonyl (C=O) groups excluding carboxylic acids is 1. The van der Waals surface area contributed by atoms with Gasteiger partial charge in [0.1, 0.15) is 0 Å². The zero-order valence-electron chi connectivity index (χ0n) is 16.4. The second-order valence-corrected chi connectivity index (χ2v) is 6.98. The van der Waals surface area contributed by atoms with Gasteiger partial charge in [0.05, 0.1) is 0 Å². The first-order valence-corrected chi connectivity index (χ1v) is 8.86. The summed E-state index contributed by atoms with van der Waals surface area (Å²) in [7, 11) is 0. The fourth-order valence-electron chi connectivity index (χ4n) is 3.42. The Labute approximate surface area is 165 Å². The summed E-state index contributed by atoms with van der Waals surface area (Å²) >= 11 is 0. The fraction of sp³-hybridized carbons (Fsp3) is 0.227. The summed E-state index contributed by atoms with van der Waals surface area (Å²) in [5.41, 5.74) is 4.68. The third kappa shape index (κ3) is 3.90. The van der Waals surface area contributed by atoms with Gasteiger partial charge in [0.25, 0.3) is 0 Å². The minimum absolute atomic E-state index is 0.0802. The zero-order valence-corrected chi connectivity index (χ0v) is 16.4. The van der Waals surface area contributed by atoms with Gasteiger partial charge in [0, 0.05) is 28.7 Å². The van der Waals surface area contributed by atoms with Gasteiger partial charge in [-0.05, 0) is 57.0 Å². The molecule has 2 aromatic carbocycles. The number of aromatic nitrogens is 1. The van der Waals surface area contributed by atoms with Crippen molar-refractivity contribution in [1.82, 2.24) is 4.57 Å². The Morgan fingerprint density at radius 3 is 1.97 bits per heavy atom. The largest absolute Gasteiger partial charge is 0.479 e. The average molecular weight is 405 g/mol. The van der Waals surface area contributed by atoms with Gasteiger partial charge in [0.15, 0.2) is 24.0 Å². The van der Waals surface area contributed by atoms with Gasteiger partial charge in [-0.3, -0.25) is 4.79 Å². The van der Waals surface area contributed by atoms with Crippen molar-refractivity contribution in [2.45, 2.75) is 27.7 Å². The van der Waals surface area contributed by atoms with Crippen molar-refractivity contribution in [3.05, 3.63) is 81.7 Å². The van der Waals surface area contributed by atoms with Crippen molar-refractivity contribution < 1.29 is 27.1 Å². The number of nitrogens with zero attached hydrogens (tertiary/aromatic N) is 1. The molecule has 0 aliphatic rings. The molecule has 0 N–H and O–H groups in total. The first-order valence-electron chi connectivity index (χ1n) is 8.86. The van der Waals surface area contributed by atoms with E-state index in [4.69, 9.17) is 4.74 Å². The Bertz CT molecular complexity index is 1070. The third-order valence-electron chi connectivity index (χ3n) is 4.62. The van der Waals surface area contributed by atoms with E-state index in [2.05, 4.69) is 0 Å². The molecule has 0 unspecified atom stereocenters. The number of halogens is 4. The van der Waals surface area contributed by atoms with E-state index in [9.17, 15) is 22.4 Å². The Morgan fingerprint density at radius 1 is 0.862 bits per heavy atom. The number of ether oxygens (including phenoxy) is 1. The summed E-state index contributed by atoms with van der Waals surface area (Å²) in [6.45, 7) is 6.72. The van der Waals surface area contributed by atoms with Crippen LogP contribution in [0.25, 0.3) is 5.69 Å². The smallest absolute Gasteiger partial charge is 0.203 e. The van der Waals surface area contributed by atoms with Crippen LogP contribution < -0.4 is 4.74 Å². The maximum Gasteiger partial charge on any atom is 0.203 e. The molecule has 29 heavy (non-hydrogen) atoms. The quantitative estimate of drug-likeness (QED) is 0.318. The van der Waals surface area contributed by atoms with Gasteiger partial charge in [-0.1, -0.05) is 6.07 Å². The van der Waals surface area contributed by atoms with Gasteiger partial charge >= 0.3 is 0 Å². The van der Waals surface area contributed by atoms with Gasteiger partial charge in [0.2, 0.25) is 17.4 Å². The molecule has 3 nitrogen and oxygen atoms in total. The Balaban J connectivity index is 1.90. The molecule has 152 valence electrons. The first kappa shape index (κ1) is 20.6. The van der Waals surface area contributed by atoms with E-state index >= 15 is 0 Å². The summed E-state index contributed by atoms with van der Waals surface area (Å²) in [4.78, 5) is 12.6. The van der Waals surface area contributed by atoms with Crippen LogP contribution in [-0.2, 0) is 0 Å². The fourth-order valence-corrected chi connectivity index (χ4v) is 3.42. The van der Waals surface area contributed by atoms with Crippen LogP contribution >= 0.6 is 0 Å². The molecule has 0 saturated carbocycles. The molecule has 1 aromatic heterocycles. The summed E-state index contributed by atoms with van der Waals surface area (Å²) in [6, 6.07) is 7.68. The van der Waals surface area contributed by atoms with Crippen LogP contribution in [0.1, 0.15) is 32.9 Å². The maximum absolute atomic E-state index is 13.7. The maximum atomic E-state index is 13.7. The van der Waals surface area contributed by atoms with Gasteiger partial charge in [-0.2, -0.15) is 8.78 Å². The van der Waals surface area contributed by atoms with E-state index in [1.165, 1.54) is 0 Å². The molecule has 0 radical (unpaired) electrons. The predicted molar refractivity (Wildman–Crippen MR) is 101 cm³/mol. The van der Waals surface area contributed by atoms with E-state index in [-0.39, 0.29) is 6.07 Å². The van der Waals surface area contributed by atoms with Crippen LogP contribution in [0.2, 0.25) is 0 Å². The zero-order chi connectivity index (χ0) is 21.5. The second kappa shape index (κ2) is 7.73. The lowest BCUT2D eigenvalue weighted by atomic mass is 10.1. The van der Waals surface area contributed by atoms with Crippen LogP contribution in [0.5, 0.6) is 5.75 Å². The van der Waals surface area contributed by atoms with Crippen molar-refractivity contribution in [1.29, 1.82) is 0 Å². The van der Waals surface area contributed by atoms with Crippen molar-refractivity contribution in [3.8, 4) is 11.4 Å². The number of ketones is 1.